The molecule has 0 radical (unpaired) electrons. The molecule has 0 amide bonds. The van der Waals surface area contributed by atoms with Crippen molar-refractivity contribution in [2.24, 2.45) is 7.05 Å². The number of benzene rings is 2. The van der Waals surface area contributed by atoms with Gasteiger partial charge in [0.1, 0.15) is 17.6 Å². The van der Waals surface area contributed by atoms with Gasteiger partial charge in [0, 0.05) is 19.4 Å². The molecule has 0 spiro atoms. The molecule has 0 bridgehead atoms. The summed E-state index contributed by atoms with van der Waals surface area (Å²) in [7, 11) is -0.285. The van der Waals surface area contributed by atoms with Crippen LogP contribution in [0.25, 0.3) is 0 Å². The summed E-state index contributed by atoms with van der Waals surface area (Å²) in [5, 5.41) is 0. The number of nitrogens with zero attached hydrogens (tertiary/aromatic N) is 2. The van der Waals surface area contributed by atoms with Crippen molar-refractivity contribution in [2.45, 2.75) is 10.9 Å². The van der Waals surface area contributed by atoms with Crippen LogP contribution in [-0.2, 0) is 17.1 Å². The van der Waals surface area contributed by atoms with Crippen LogP contribution in [0.5, 0.6) is 5.75 Å². The Bertz CT molecular complexity index is 935. The summed E-state index contributed by atoms with van der Waals surface area (Å²) in [6, 6.07) is 14.9. The van der Waals surface area contributed by atoms with Gasteiger partial charge in [0.05, 0.1) is 12.0 Å². The second-order valence-electron chi connectivity index (χ2n) is 5.54. The molecule has 0 aliphatic rings. The number of aromatic nitrogens is 2. The Morgan fingerprint density at radius 2 is 1.76 bits per heavy atom. The van der Waals surface area contributed by atoms with Crippen LogP contribution < -0.4 is 9.46 Å². The van der Waals surface area contributed by atoms with E-state index in [2.05, 4.69) is 9.71 Å². The number of aryl methyl sites for hydroxylation is 1. The lowest BCUT2D eigenvalue weighted by atomic mass is 10.1. The minimum atomic E-state index is -3.70. The van der Waals surface area contributed by atoms with Gasteiger partial charge < -0.3 is 9.30 Å². The van der Waals surface area contributed by atoms with E-state index in [9.17, 15) is 8.42 Å². The third-order valence-corrected chi connectivity index (χ3v) is 5.33. The average molecular weight is 357 g/mol. The third kappa shape index (κ3) is 3.72. The van der Waals surface area contributed by atoms with Crippen molar-refractivity contribution in [3.63, 3.8) is 0 Å². The number of sulfonamides is 1. The number of ether oxygens (including phenoxy) is 1. The van der Waals surface area contributed by atoms with Crippen LogP contribution in [0.4, 0.5) is 0 Å². The van der Waals surface area contributed by atoms with Crippen LogP contribution in [0.1, 0.15) is 17.4 Å². The lowest BCUT2D eigenvalue weighted by Gasteiger charge is -2.19. The van der Waals surface area contributed by atoms with Gasteiger partial charge in [-0.25, -0.2) is 13.4 Å². The van der Waals surface area contributed by atoms with Gasteiger partial charge in [-0.3, -0.25) is 0 Å². The maximum atomic E-state index is 12.8. The quantitative estimate of drug-likeness (QED) is 0.736. The van der Waals surface area contributed by atoms with Gasteiger partial charge in [-0.15, -0.1) is 0 Å². The molecule has 0 fully saturated rings. The molecule has 2 aromatic carbocycles. The molecule has 3 aromatic rings. The fraction of sp³-hybridized carbons (Fsp3) is 0.167. The summed E-state index contributed by atoms with van der Waals surface area (Å²) in [6.45, 7) is 0. The number of hydrogen-bond donors (Lipinski definition) is 1. The van der Waals surface area contributed by atoms with Crippen LogP contribution in [0.2, 0.25) is 0 Å². The molecule has 1 N–H and O–H groups in total. The van der Waals surface area contributed by atoms with Crippen molar-refractivity contribution in [3.05, 3.63) is 78.4 Å². The number of rotatable bonds is 6. The first kappa shape index (κ1) is 17.2. The summed E-state index contributed by atoms with van der Waals surface area (Å²) in [5.41, 5.74) is 0.773. The zero-order valence-corrected chi connectivity index (χ0v) is 14.8. The fourth-order valence-corrected chi connectivity index (χ4v) is 3.75. The molecule has 0 aliphatic heterocycles. The van der Waals surface area contributed by atoms with Crippen molar-refractivity contribution >= 4 is 10.0 Å². The molecule has 7 heteroatoms. The molecule has 1 atom stereocenters. The largest absolute Gasteiger partial charge is 0.497 e. The smallest absolute Gasteiger partial charge is 0.241 e. The van der Waals surface area contributed by atoms with Gasteiger partial charge >= 0.3 is 0 Å². The van der Waals surface area contributed by atoms with Gasteiger partial charge in [0.25, 0.3) is 0 Å². The van der Waals surface area contributed by atoms with Gasteiger partial charge in [-0.1, -0.05) is 30.3 Å². The first-order valence-corrected chi connectivity index (χ1v) is 9.18. The maximum Gasteiger partial charge on any atom is 0.241 e. The molecule has 6 nitrogen and oxygen atoms in total. The Kier molecular flexibility index (Phi) is 4.87. The van der Waals surface area contributed by atoms with Crippen molar-refractivity contribution < 1.29 is 13.2 Å². The monoisotopic (exact) mass is 357 g/mol. The Balaban J connectivity index is 2.01. The molecule has 1 aromatic heterocycles. The highest BCUT2D eigenvalue weighted by Gasteiger charge is 2.25. The predicted molar refractivity (Wildman–Crippen MR) is 94.8 cm³/mol. The molecular weight excluding hydrogens is 338 g/mol. The summed E-state index contributed by atoms with van der Waals surface area (Å²) < 4.78 is 35.3. The molecule has 1 heterocycles. The molecule has 1 unspecified atom stereocenters. The minimum Gasteiger partial charge on any atom is -0.497 e. The van der Waals surface area contributed by atoms with E-state index < -0.39 is 16.1 Å². The standard InChI is InChI=1S/C18H19N3O3S/c1-21-13-12-19-18(21)17(14-8-10-15(24-2)11-9-14)20-25(22,23)16-6-4-3-5-7-16/h3-13,17,20H,1-2H3. The van der Waals surface area contributed by atoms with E-state index in [1.165, 1.54) is 0 Å². The van der Waals surface area contributed by atoms with E-state index in [0.29, 0.717) is 11.6 Å². The van der Waals surface area contributed by atoms with Crippen molar-refractivity contribution in [3.8, 4) is 5.75 Å². The third-order valence-electron chi connectivity index (χ3n) is 3.89. The molecule has 0 aliphatic carbocycles. The molecule has 130 valence electrons. The summed E-state index contributed by atoms with van der Waals surface area (Å²) in [5.74, 6) is 1.30. The second kappa shape index (κ2) is 7.08. The van der Waals surface area contributed by atoms with E-state index in [1.807, 2.05) is 19.2 Å². The van der Waals surface area contributed by atoms with Crippen LogP contribution >= 0.6 is 0 Å². The average Bonchev–Trinajstić information content (AvgIpc) is 3.06. The predicted octanol–water partition coefficient (Wildman–Crippen LogP) is 2.50. The fourth-order valence-electron chi connectivity index (χ4n) is 2.54. The Hall–Kier alpha value is -2.64. The van der Waals surface area contributed by atoms with E-state index >= 15 is 0 Å². The minimum absolute atomic E-state index is 0.211. The van der Waals surface area contributed by atoms with Crippen LogP contribution in [0.3, 0.4) is 0 Å². The van der Waals surface area contributed by atoms with Gasteiger partial charge in [0.2, 0.25) is 10.0 Å². The Morgan fingerprint density at radius 3 is 2.32 bits per heavy atom. The maximum absolute atomic E-state index is 12.8. The number of nitrogens with one attached hydrogen (secondary N) is 1. The highest BCUT2D eigenvalue weighted by Crippen LogP contribution is 2.25. The second-order valence-corrected chi connectivity index (χ2v) is 7.25. The molecule has 0 saturated heterocycles. The lowest BCUT2D eigenvalue weighted by molar-refractivity contribution is 0.414. The van der Waals surface area contributed by atoms with E-state index in [0.717, 1.165) is 5.56 Å². The van der Waals surface area contributed by atoms with E-state index in [4.69, 9.17) is 4.74 Å². The van der Waals surface area contributed by atoms with Crippen molar-refractivity contribution in [1.29, 1.82) is 0 Å². The number of hydrogen-bond acceptors (Lipinski definition) is 4. The van der Waals surface area contributed by atoms with Gasteiger partial charge in [-0.2, -0.15) is 4.72 Å². The normalized spacial score (nSPS) is 12.7. The number of imidazole rings is 1. The summed E-state index contributed by atoms with van der Waals surface area (Å²) in [6.07, 6.45) is 3.42. The highest BCUT2D eigenvalue weighted by atomic mass is 32.2. The lowest BCUT2D eigenvalue weighted by Crippen LogP contribution is -2.31. The molecule has 3 rings (SSSR count). The zero-order valence-electron chi connectivity index (χ0n) is 14.0. The summed E-state index contributed by atoms with van der Waals surface area (Å²) >= 11 is 0. The van der Waals surface area contributed by atoms with E-state index in [1.54, 1.807) is 66.5 Å². The molecule has 25 heavy (non-hydrogen) atoms. The first-order valence-electron chi connectivity index (χ1n) is 7.70. The number of methoxy groups -OCH3 is 1. The van der Waals surface area contributed by atoms with Crippen LogP contribution in [0, 0.1) is 0 Å². The van der Waals surface area contributed by atoms with Crippen LogP contribution in [-0.4, -0.2) is 25.1 Å². The Morgan fingerprint density at radius 1 is 1.08 bits per heavy atom. The van der Waals surface area contributed by atoms with Gasteiger partial charge in [0.15, 0.2) is 0 Å². The summed E-state index contributed by atoms with van der Waals surface area (Å²) in [4.78, 5) is 4.53. The first-order chi connectivity index (χ1) is 12.0. The highest BCUT2D eigenvalue weighted by molar-refractivity contribution is 7.89. The molecular formula is C18H19N3O3S. The van der Waals surface area contributed by atoms with Crippen molar-refractivity contribution in [2.75, 3.05) is 7.11 Å². The Labute approximate surface area is 147 Å². The SMILES string of the molecule is COc1ccc(C(NS(=O)(=O)c2ccccc2)c2nccn2C)cc1. The molecule has 0 saturated carbocycles. The van der Waals surface area contributed by atoms with E-state index in [-0.39, 0.29) is 4.90 Å². The zero-order chi connectivity index (χ0) is 17.9. The van der Waals surface area contributed by atoms with Crippen LogP contribution in [0.15, 0.2) is 71.9 Å². The van der Waals surface area contributed by atoms with Crippen molar-refractivity contribution in [1.82, 2.24) is 14.3 Å². The topological polar surface area (TPSA) is 73.2 Å². The van der Waals surface area contributed by atoms with Gasteiger partial charge in [-0.05, 0) is 29.8 Å².